The highest BCUT2D eigenvalue weighted by atomic mass is 16.5. The molecule has 1 aliphatic carbocycles. The number of amides is 1. The third-order valence-electron chi connectivity index (χ3n) is 5.18. The minimum atomic E-state index is 0.0584. The van der Waals surface area contributed by atoms with E-state index < -0.39 is 0 Å². The van der Waals surface area contributed by atoms with Crippen molar-refractivity contribution in [3.05, 3.63) is 54.1 Å². The van der Waals surface area contributed by atoms with Crippen LogP contribution in [0.5, 0.6) is 5.75 Å². The third-order valence-corrected chi connectivity index (χ3v) is 5.18. The number of para-hydroxylation sites is 1. The summed E-state index contributed by atoms with van der Waals surface area (Å²) in [7, 11) is 0. The Morgan fingerprint density at radius 3 is 2.54 bits per heavy atom. The van der Waals surface area contributed by atoms with Crippen molar-refractivity contribution in [3.63, 3.8) is 0 Å². The quantitative estimate of drug-likeness (QED) is 0.871. The number of aromatic nitrogens is 2. The molecule has 2 heterocycles. The fourth-order valence-corrected chi connectivity index (χ4v) is 3.97. The van der Waals surface area contributed by atoms with Gasteiger partial charge in [-0.3, -0.25) is 4.79 Å². The molecule has 1 saturated carbocycles. The Morgan fingerprint density at radius 1 is 1.17 bits per heavy atom. The van der Waals surface area contributed by atoms with Gasteiger partial charge in [0.1, 0.15) is 12.1 Å². The molecule has 124 valence electrons. The lowest BCUT2D eigenvalue weighted by molar-refractivity contribution is 0.0768. The minimum Gasteiger partial charge on any atom is -0.490 e. The topological polar surface area (TPSA) is 55.3 Å². The van der Waals surface area contributed by atoms with Crippen molar-refractivity contribution in [1.82, 2.24) is 14.9 Å². The summed E-state index contributed by atoms with van der Waals surface area (Å²) in [6, 6.07) is 9.99. The van der Waals surface area contributed by atoms with Crippen LogP contribution in [-0.2, 0) is 0 Å². The van der Waals surface area contributed by atoms with Gasteiger partial charge in [-0.25, -0.2) is 9.97 Å². The van der Waals surface area contributed by atoms with Gasteiger partial charge in [-0.05, 0) is 43.7 Å². The van der Waals surface area contributed by atoms with Crippen LogP contribution in [0.2, 0.25) is 0 Å². The van der Waals surface area contributed by atoms with Gasteiger partial charge in [0, 0.05) is 19.3 Å². The van der Waals surface area contributed by atoms with E-state index in [2.05, 4.69) is 9.97 Å². The number of ether oxygens (including phenoxy) is 1. The van der Waals surface area contributed by atoms with E-state index in [1.54, 1.807) is 6.20 Å². The lowest BCUT2D eigenvalue weighted by Crippen LogP contribution is -2.31. The lowest BCUT2D eigenvalue weighted by atomic mass is 10.0. The van der Waals surface area contributed by atoms with Crippen molar-refractivity contribution in [2.24, 2.45) is 11.8 Å². The molecular weight excluding hydrogens is 302 g/mol. The second kappa shape index (κ2) is 6.23. The zero-order chi connectivity index (χ0) is 16.5. The SMILES string of the molecule is Cc1ncncc1C(=O)N1C[C@H]2CC(Oc3ccccc3)C[C@H]2C1. The van der Waals surface area contributed by atoms with E-state index in [1.807, 2.05) is 42.2 Å². The van der Waals surface area contributed by atoms with Crippen LogP contribution in [0.25, 0.3) is 0 Å². The predicted molar refractivity (Wildman–Crippen MR) is 89.7 cm³/mol. The third kappa shape index (κ3) is 2.86. The maximum atomic E-state index is 12.7. The number of likely N-dealkylation sites (tertiary alicyclic amines) is 1. The van der Waals surface area contributed by atoms with E-state index in [-0.39, 0.29) is 12.0 Å². The van der Waals surface area contributed by atoms with E-state index >= 15 is 0 Å². The van der Waals surface area contributed by atoms with Crippen LogP contribution in [0.1, 0.15) is 28.9 Å². The van der Waals surface area contributed by atoms with Gasteiger partial charge in [0.25, 0.3) is 5.91 Å². The summed E-state index contributed by atoms with van der Waals surface area (Å²) in [5, 5.41) is 0. The molecule has 2 aliphatic rings. The molecule has 0 N–H and O–H groups in total. The molecule has 1 saturated heterocycles. The summed E-state index contributed by atoms with van der Waals surface area (Å²) in [6.07, 6.45) is 5.42. The highest BCUT2D eigenvalue weighted by Gasteiger charge is 2.43. The highest BCUT2D eigenvalue weighted by Crippen LogP contribution is 2.40. The van der Waals surface area contributed by atoms with Gasteiger partial charge in [-0.15, -0.1) is 0 Å². The van der Waals surface area contributed by atoms with E-state index in [0.717, 1.165) is 37.4 Å². The fourth-order valence-electron chi connectivity index (χ4n) is 3.97. The molecule has 24 heavy (non-hydrogen) atoms. The summed E-state index contributed by atoms with van der Waals surface area (Å²) in [4.78, 5) is 22.8. The Morgan fingerprint density at radius 2 is 1.88 bits per heavy atom. The van der Waals surface area contributed by atoms with Crippen LogP contribution in [0.4, 0.5) is 0 Å². The number of nitrogens with zero attached hydrogens (tertiary/aromatic N) is 3. The number of aryl methyl sites for hydroxylation is 1. The van der Waals surface area contributed by atoms with Crippen molar-refractivity contribution >= 4 is 5.91 Å². The molecule has 1 aromatic heterocycles. The minimum absolute atomic E-state index is 0.0584. The van der Waals surface area contributed by atoms with Crippen LogP contribution < -0.4 is 4.74 Å². The molecule has 0 spiro atoms. The lowest BCUT2D eigenvalue weighted by Gasteiger charge is -2.20. The fraction of sp³-hybridized carbons (Fsp3) is 0.421. The van der Waals surface area contributed by atoms with Crippen LogP contribution in [0, 0.1) is 18.8 Å². The van der Waals surface area contributed by atoms with Crippen LogP contribution in [0.15, 0.2) is 42.9 Å². The van der Waals surface area contributed by atoms with Crippen LogP contribution >= 0.6 is 0 Å². The summed E-state index contributed by atoms with van der Waals surface area (Å²) < 4.78 is 6.09. The van der Waals surface area contributed by atoms with Gasteiger partial charge in [-0.1, -0.05) is 18.2 Å². The van der Waals surface area contributed by atoms with E-state index in [1.165, 1.54) is 6.33 Å². The Balaban J connectivity index is 1.38. The smallest absolute Gasteiger partial charge is 0.257 e. The number of carbonyl (C=O) groups is 1. The van der Waals surface area contributed by atoms with E-state index in [9.17, 15) is 4.79 Å². The van der Waals surface area contributed by atoms with Crippen molar-refractivity contribution in [3.8, 4) is 5.75 Å². The van der Waals surface area contributed by atoms with Crippen LogP contribution in [0.3, 0.4) is 0 Å². The molecule has 5 nitrogen and oxygen atoms in total. The number of carbonyl (C=O) groups excluding carboxylic acids is 1. The molecule has 1 aliphatic heterocycles. The first-order valence-corrected chi connectivity index (χ1v) is 8.48. The Bertz CT molecular complexity index is 720. The average Bonchev–Trinajstić information content (AvgIpc) is 3.14. The zero-order valence-electron chi connectivity index (χ0n) is 13.8. The molecule has 0 bridgehead atoms. The van der Waals surface area contributed by atoms with Gasteiger partial charge in [0.05, 0.1) is 17.4 Å². The number of benzene rings is 1. The number of hydrogen-bond acceptors (Lipinski definition) is 4. The van der Waals surface area contributed by atoms with Crippen molar-refractivity contribution in [2.45, 2.75) is 25.9 Å². The number of fused-ring (bicyclic) bond motifs is 1. The molecule has 1 aromatic carbocycles. The second-order valence-electron chi connectivity index (χ2n) is 6.78. The number of hydrogen-bond donors (Lipinski definition) is 0. The molecule has 1 amide bonds. The molecule has 2 fully saturated rings. The summed E-state index contributed by atoms with van der Waals surface area (Å²) >= 11 is 0. The monoisotopic (exact) mass is 323 g/mol. The Kier molecular flexibility index (Phi) is 3.92. The first kappa shape index (κ1) is 15.1. The van der Waals surface area contributed by atoms with Crippen molar-refractivity contribution < 1.29 is 9.53 Å². The van der Waals surface area contributed by atoms with Crippen molar-refractivity contribution in [2.75, 3.05) is 13.1 Å². The van der Waals surface area contributed by atoms with E-state index in [0.29, 0.717) is 17.4 Å². The largest absolute Gasteiger partial charge is 0.490 e. The standard InChI is InChI=1S/C19H21N3O2/c1-13-18(9-20-12-21-13)19(23)22-10-14-7-17(8-15(14)11-22)24-16-5-3-2-4-6-16/h2-6,9,12,14-15,17H,7-8,10-11H2,1H3/t14-,15+,17?. The highest BCUT2D eigenvalue weighted by molar-refractivity contribution is 5.95. The maximum absolute atomic E-state index is 12.7. The predicted octanol–water partition coefficient (Wildman–Crippen LogP) is 2.71. The van der Waals surface area contributed by atoms with Gasteiger partial charge in [-0.2, -0.15) is 0 Å². The van der Waals surface area contributed by atoms with Crippen molar-refractivity contribution in [1.29, 1.82) is 0 Å². The maximum Gasteiger partial charge on any atom is 0.257 e. The summed E-state index contributed by atoms with van der Waals surface area (Å²) in [6.45, 7) is 3.48. The molecule has 0 radical (unpaired) electrons. The zero-order valence-corrected chi connectivity index (χ0v) is 13.8. The molecule has 3 atom stereocenters. The normalized spacial score (nSPS) is 25.5. The molecule has 2 aromatic rings. The van der Waals surface area contributed by atoms with Gasteiger partial charge in [0.2, 0.25) is 0 Å². The first-order chi connectivity index (χ1) is 11.7. The molecule has 5 heteroatoms. The first-order valence-electron chi connectivity index (χ1n) is 8.48. The number of rotatable bonds is 3. The van der Waals surface area contributed by atoms with Gasteiger partial charge < -0.3 is 9.64 Å². The van der Waals surface area contributed by atoms with Gasteiger partial charge in [0.15, 0.2) is 0 Å². The van der Waals surface area contributed by atoms with Gasteiger partial charge >= 0.3 is 0 Å². The Labute approximate surface area is 141 Å². The molecule has 4 rings (SSSR count). The molecular formula is C19H21N3O2. The Hall–Kier alpha value is -2.43. The molecule has 1 unspecified atom stereocenters. The summed E-state index contributed by atoms with van der Waals surface area (Å²) in [5.41, 5.74) is 1.37. The average molecular weight is 323 g/mol. The summed E-state index contributed by atoms with van der Waals surface area (Å²) in [5.74, 6) is 2.07. The second-order valence-corrected chi connectivity index (χ2v) is 6.78. The van der Waals surface area contributed by atoms with E-state index in [4.69, 9.17) is 4.74 Å². The van der Waals surface area contributed by atoms with Crippen LogP contribution in [-0.4, -0.2) is 40.0 Å².